The minimum absolute atomic E-state index is 0.192. The lowest BCUT2D eigenvalue weighted by atomic mass is 9.92. The largest absolute Gasteiger partial charge is 0.341 e. The SMILES string of the molecule is CC1CC(C)CN(C(=O)CN2CCN(CC(=O)Nc3ccccc3SC(F)F)CC2)C1. The number of alkyl halides is 2. The molecular formula is C22H32F2N4O2S. The summed E-state index contributed by atoms with van der Waals surface area (Å²) in [6, 6.07) is 6.59. The summed E-state index contributed by atoms with van der Waals surface area (Å²) < 4.78 is 25.4. The van der Waals surface area contributed by atoms with Crippen LogP contribution in [0.25, 0.3) is 0 Å². The first-order valence-corrected chi connectivity index (χ1v) is 11.7. The minimum atomic E-state index is -2.54. The number of anilines is 1. The zero-order valence-electron chi connectivity index (χ0n) is 18.2. The number of rotatable bonds is 7. The van der Waals surface area contributed by atoms with Crippen molar-refractivity contribution in [3.63, 3.8) is 0 Å². The number of hydrogen-bond acceptors (Lipinski definition) is 5. The minimum Gasteiger partial charge on any atom is -0.341 e. The zero-order valence-corrected chi connectivity index (χ0v) is 19.0. The van der Waals surface area contributed by atoms with Crippen molar-refractivity contribution < 1.29 is 18.4 Å². The zero-order chi connectivity index (χ0) is 22.4. The first-order chi connectivity index (χ1) is 14.8. The number of piperazine rings is 1. The molecule has 2 aliphatic rings. The van der Waals surface area contributed by atoms with Crippen LogP contribution in [0.3, 0.4) is 0 Å². The molecule has 2 amide bonds. The van der Waals surface area contributed by atoms with Gasteiger partial charge < -0.3 is 10.2 Å². The molecule has 2 fully saturated rings. The fourth-order valence-electron chi connectivity index (χ4n) is 4.42. The Labute approximate surface area is 187 Å². The third-order valence-corrected chi connectivity index (χ3v) is 6.58. The maximum absolute atomic E-state index is 12.7. The number of carbonyl (C=O) groups is 2. The molecule has 1 N–H and O–H groups in total. The molecule has 0 spiro atoms. The van der Waals surface area contributed by atoms with Crippen LogP contribution in [0, 0.1) is 11.8 Å². The highest BCUT2D eigenvalue weighted by Gasteiger charge is 2.27. The number of nitrogens with one attached hydrogen (secondary N) is 1. The van der Waals surface area contributed by atoms with Gasteiger partial charge in [-0.3, -0.25) is 19.4 Å². The first kappa shape index (κ1) is 23.9. The quantitative estimate of drug-likeness (QED) is 0.642. The Balaban J connectivity index is 1.42. The molecule has 0 aliphatic carbocycles. The number of thioether (sulfide) groups is 1. The molecule has 2 saturated heterocycles. The van der Waals surface area contributed by atoms with Gasteiger partial charge in [-0.25, -0.2) is 0 Å². The lowest BCUT2D eigenvalue weighted by molar-refractivity contribution is -0.135. The highest BCUT2D eigenvalue weighted by atomic mass is 32.2. The van der Waals surface area contributed by atoms with Crippen LogP contribution in [-0.4, -0.2) is 84.6 Å². The van der Waals surface area contributed by atoms with Gasteiger partial charge in [-0.2, -0.15) is 8.78 Å². The summed E-state index contributed by atoms with van der Waals surface area (Å²) in [4.78, 5) is 31.6. The summed E-state index contributed by atoms with van der Waals surface area (Å²) in [5, 5.41) is 2.75. The van der Waals surface area contributed by atoms with E-state index in [4.69, 9.17) is 0 Å². The van der Waals surface area contributed by atoms with Crippen LogP contribution in [0.15, 0.2) is 29.2 Å². The number of benzene rings is 1. The third-order valence-electron chi connectivity index (χ3n) is 5.79. The van der Waals surface area contributed by atoms with Crippen LogP contribution < -0.4 is 5.32 Å². The Morgan fingerprint density at radius 1 is 1.03 bits per heavy atom. The van der Waals surface area contributed by atoms with Gasteiger partial charge in [0, 0.05) is 44.2 Å². The average Bonchev–Trinajstić information content (AvgIpc) is 2.70. The molecule has 9 heteroatoms. The molecule has 2 heterocycles. The van der Waals surface area contributed by atoms with E-state index in [0.717, 1.165) is 26.2 Å². The number of halogens is 2. The van der Waals surface area contributed by atoms with Crippen LogP contribution in [-0.2, 0) is 9.59 Å². The van der Waals surface area contributed by atoms with Crippen molar-refractivity contribution in [1.29, 1.82) is 0 Å². The van der Waals surface area contributed by atoms with E-state index in [1.807, 2.05) is 9.80 Å². The van der Waals surface area contributed by atoms with Gasteiger partial charge in [0.1, 0.15) is 0 Å². The lowest BCUT2D eigenvalue weighted by Gasteiger charge is -2.38. The molecule has 2 atom stereocenters. The van der Waals surface area contributed by atoms with Crippen LogP contribution in [0.2, 0.25) is 0 Å². The number of likely N-dealkylation sites (tertiary alicyclic amines) is 1. The van der Waals surface area contributed by atoms with Crippen molar-refractivity contribution in [2.45, 2.75) is 30.9 Å². The van der Waals surface area contributed by atoms with Gasteiger partial charge in [0.15, 0.2) is 0 Å². The molecule has 0 radical (unpaired) electrons. The second-order valence-electron chi connectivity index (χ2n) is 8.72. The van der Waals surface area contributed by atoms with E-state index in [9.17, 15) is 18.4 Å². The van der Waals surface area contributed by atoms with Crippen LogP contribution >= 0.6 is 11.8 Å². The van der Waals surface area contributed by atoms with Crippen molar-refractivity contribution in [2.24, 2.45) is 11.8 Å². The fraction of sp³-hybridized carbons (Fsp3) is 0.636. The average molecular weight is 455 g/mol. The first-order valence-electron chi connectivity index (χ1n) is 10.9. The molecule has 172 valence electrons. The highest BCUT2D eigenvalue weighted by molar-refractivity contribution is 7.99. The molecule has 0 bridgehead atoms. The molecule has 1 aromatic rings. The number of para-hydroxylation sites is 1. The van der Waals surface area contributed by atoms with E-state index in [2.05, 4.69) is 24.1 Å². The predicted molar refractivity (Wildman–Crippen MR) is 119 cm³/mol. The third kappa shape index (κ3) is 7.43. The van der Waals surface area contributed by atoms with Crippen molar-refractivity contribution >= 4 is 29.3 Å². The molecule has 6 nitrogen and oxygen atoms in total. The van der Waals surface area contributed by atoms with E-state index in [1.54, 1.807) is 24.3 Å². The van der Waals surface area contributed by atoms with E-state index in [1.165, 1.54) is 6.42 Å². The van der Waals surface area contributed by atoms with Gasteiger partial charge >= 0.3 is 0 Å². The van der Waals surface area contributed by atoms with Crippen molar-refractivity contribution in [2.75, 3.05) is 57.7 Å². The van der Waals surface area contributed by atoms with Crippen LogP contribution in [0.5, 0.6) is 0 Å². The van der Waals surface area contributed by atoms with Gasteiger partial charge in [0.25, 0.3) is 5.76 Å². The van der Waals surface area contributed by atoms with Gasteiger partial charge in [-0.05, 0) is 30.4 Å². The van der Waals surface area contributed by atoms with E-state index in [-0.39, 0.29) is 18.4 Å². The number of piperidine rings is 1. The van der Waals surface area contributed by atoms with Crippen molar-refractivity contribution in [3.8, 4) is 0 Å². The maximum Gasteiger partial charge on any atom is 0.288 e. The smallest absolute Gasteiger partial charge is 0.288 e. The molecular weight excluding hydrogens is 422 g/mol. The second-order valence-corrected chi connectivity index (χ2v) is 9.75. The van der Waals surface area contributed by atoms with Crippen LogP contribution in [0.1, 0.15) is 20.3 Å². The predicted octanol–water partition coefficient (Wildman–Crippen LogP) is 3.06. The number of amides is 2. The standard InChI is InChI=1S/C22H32F2N4O2S/c1-16-11-17(2)13-28(12-16)21(30)15-27-9-7-26(8-10-27)14-20(29)25-18-5-3-4-6-19(18)31-22(23)24/h3-6,16-17,22H,7-15H2,1-2H3,(H,25,29). The maximum atomic E-state index is 12.7. The van der Waals surface area contributed by atoms with Crippen molar-refractivity contribution in [1.82, 2.24) is 14.7 Å². The van der Waals surface area contributed by atoms with Gasteiger partial charge in [0.2, 0.25) is 11.8 Å². The molecule has 1 aromatic carbocycles. The molecule has 3 rings (SSSR count). The Morgan fingerprint density at radius 2 is 1.61 bits per heavy atom. The normalized spacial score (nSPS) is 23.2. The van der Waals surface area contributed by atoms with Gasteiger partial charge in [0.05, 0.1) is 18.8 Å². The monoisotopic (exact) mass is 454 g/mol. The van der Waals surface area contributed by atoms with E-state index in [0.29, 0.717) is 53.8 Å². The Bertz CT molecular complexity index is 749. The van der Waals surface area contributed by atoms with E-state index < -0.39 is 5.76 Å². The number of hydrogen-bond donors (Lipinski definition) is 1. The number of carbonyl (C=O) groups excluding carboxylic acids is 2. The van der Waals surface area contributed by atoms with E-state index >= 15 is 0 Å². The van der Waals surface area contributed by atoms with Gasteiger partial charge in [-0.1, -0.05) is 37.7 Å². The second kappa shape index (κ2) is 11.2. The lowest BCUT2D eigenvalue weighted by Crippen LogP contribution is -2.52. The highest BCUT2D eigenvalue weighted by Crippen LogP contribution is 2.31. The molecule has 2 unspecified atom stereocenters. The summed E-state index contributed by atoms with van der Waals surface area (Å²) in [5.41, 5.74) is 0.409. The summed E-state index contributed by atoms with van der Waals surface area (Å²) >= 11 is 0.427. The number of nitrogens with zero attached hydrogens (tertiary/aromatic N) is 3. The Morgan fingerprint density at radius 3 is 2.23 bits per heavy atom. The van der Waals surface area contributed by atoms with Crippen molar-refractivity contribution in [3.05, 3.63) is 24.3 Å². The van der Waals surface area contributed by atoms with Gasteiger partial charge in [-0.15, -0.1) is 0 Å². The fourth-order valence-corrected chi connectivity index (χ4v) is 5.02. The Hall–Kier alpha value is -1.71. The molecule has 0 saturated carbocycles. The summed E-state index contributed by atoms with van der Waals surface area (Å²) in [6.07, 6.45) is 1.18. The summed E-state index contributed by atoms with van der Waals surface area (Å²) in [7, 11) is 0. The topological polar surface area (TPSA) is 55.9 Å². The van der Waals surface area contributed by atoms with Crippen LogP contribution in [0.4, 0.5) is 14.5 Å². The molecule has 0 aromatic heterocycles. The summed E-state index contributed by atoms with van der Waals surface area (Å²) in [5.74, 6) is -1.47. The molecule has 2 aliphatic heterocycles. The molecule has 31 heavy (non-hydrogen) atoms. The summed E-state index contributed by atoms with van der Waals surface area (Å²) in [6.45, 7) is 9.57. The Kier molecular flexibility index (Phi) is 8.68.